The second-order valence-corrected chi connectivity index (χ2v) is 7.52. The molecule has 0 bridgehead atoms. The molecule has 1 aliphatic heterocycles. The van der Waals surface area contributed by atoms with Gasteiger partial charge in [-0.15, -0.1) is 0 Å². The van der Waals surface area contributed by atoms with Crippen molar-refractivity contribution >= 4 is 17.5 Å². The number of ether oxygens (including phenoxy) is 2. The maximum atomic E-state index is 12.9. The summed E-state index contributed by atoms with van der Waals surface area (Å²) in [7, 11) is 0. The van der Waals surface area contributed by atoms with E-state index in [0.29, 0.717) is 23.6 Å². The number of halogens is 1. The highest BCUT2D eigenvalue weighted by Gasteiger charge is 2.35. The van der Waals surface area contributed by atoms with E-state index in [1.807, 2.05) is 57.2 Å². The molecule has 0 spiro atoms. The third-order valence-electron chi connectivity index (χ3n) is 4.46. The molecule has 0 radical (unpaired) electrons. The number of hydrogen-bond acceptors (Lipinski definition) is 3. The Bertz CT molecular complexity index is 790. The third-order valence-corrected chi connectivity index (χ3v) is 4.77. The van der Waals surface area contributed by atoms with Crippen LogP contribution in [0.15, 0.2) is 48.5 Å². The first-order valence-corrected chi connectivity index (χ1v) is 9.27. The van der Waals surface area contributed by atoms with Crippen LogP contribution in [-0.4, -0.2) is 17.6 Å². The van der Waals surface area contributed by atoms with Crippen LogP contribution in [0, 0.1) is 0 Å². The van der Waals surface area contributed by atoms with Crippen LogP contribution in [0.2, 0.25) is 5.02 Å². The van der Waals surface area contributed by atoms with Gasteiger partial charge in [-0.3, -0.25) is 4.79 Å². The van der Waals surface area contributed by atoms with E-state index in [1.165, 1.54) is 0 Å². The topological polar surface area (TPSA) is 47.6 Å². The molecule has 0 saturated heterocycles. The first-order chi connectivity index (χ1) is 12.4. The number of rotatable bonds is 5. The molecule has 5 heteroatoms. The molecule has 2 aromatic carbocycles. The molecule has 1 heterocycles. The molecule has 0 aliphatic carbocycles. The van der Waals surface area contributed by atoms with E-state index in [1.54, 1.807) is 12.1 Å². The summed E-state index contributed by atoms with van der Waals surface area (Å²) in [5.74, 6) is 1.18. The van der Waals surface area contributed by atoms with Gasteiger partial charge >= 0.3 is 0 Å². The molecule has 1 amide bonds. The van der Waals surface area contributed by atoms with E-state index in [0.717, 1.165) is 11.3 Å². The fourth-order valence-electron chi connectivity index (χ4n) is 3.21. The van der Waals surface area contributed by atoms with Crippen molar-refractivity contribution in [3.63, 3.8) is 0 Å². The Labute approximate surface area is 159 Å². The van der Waals surface area contributed by atoms with Gasteiger partial charge in [0.2, 0.25) is 0 Å². The number of carbonyl (C=O) groups is 1. The van der Waals surface area contributed by atoms with Crippen molar-refractivity contribution in [1.29, 1.82) is 0 Å². The van der Waals surface area contributed by atoms with Crippen LogP contribution < -0.4 is 14.8 Å². The fourth-order valence-corrected chi connectivity index (χ4v) is 3.39. The van der Waals surface area contributed by atoms with E-state index in [4.69, 9.17) is 21.1 Å². The van der Waals surface area contributed by atoms with Crippen LogP contribution in [0.1, 0.15) is 45.2 Å². The second-order valence-electron chi connectivity index (χ2n) is 7.11. The van der Waals surface area contributed by atoms with Crippen molar-refractivity contribution in [3.8, 4) is 11.5 Å². The average Bonchev–Trinajstić information content (AvgIpc) is 2.60. The molecule has 26 heavy (non-hydrogen) atoms. The van der Waals surface area contributed by atoms with Crippen molar-refractivity contribution in [1.82, 2.24) is 5.32 Å². The molecule has 3 rings (SSSR count). The van der Waals surface area contributed by atoms with Crippen molar-refractivity contribution in [2.75, 3.05) is 0 Å². The van der Waals surface area contributed by atoms with Gasteiger partial charge in [0.15, 0.2) is 6.10 Å². The van der Waals surface area contributed by atoms with E-state index in [2.05, 4.69) is 5.32 Å². The van der Waals surface area contributed by atoms with Gasteiger partial charge in [0, 0.05) is 12.0 Å². The van der Waals surface area contributed by atoms with E-state index < -0.39 is 6.10 Å². The van der Waals surface area contributed by atoms with E-state index >= 15 is 0 Å². The Balaban J connectivity index is 1.77. The number of fused-ring (bicyclic) bond motifs is 1. The van der Waals surface area contributed by atoms with Gasteiger partial charge in [0.1, 0.15) is 17.1 Å². The summed E-state index contributed by atoms with van der Waals surface area (Å²) in [6, 6.07) is 14.9. The summed E-state index contributed by atoms with van der Waals surface area (Å²) in [6.07, 6.45) is 0.636. The van der Waals surface area contributed by atoms with Gasteiger partial charge in [-0.05, 0) is 38.5 Å². The summed E-state index contributed by atoms with van der Waals surface area (Å²) in [5.41, 5.74) is 0.644. The molecule has 1 aliphatic rings. The maximum absolute atomic E-state index is 12.9. The highest BCUT2D eigenvalue weighted by atomic mass is 35.5. The molecule has 0 aromatic heterocycles. The van der Waals surface area contributed by atoms with Crippen LogP contribution in [0.5, 0.6) is 11.5 Å². The quantitative estimate of drug-likeness (QED) is 0.809. The molecule has 2 aromatic rings. The molecule has 0 saturated carbocycles. The first-order valence-electron chi connectivity index (χ1n) is 8.89. The standard InChI is InChI=1S/C21H24ClNO3/c1-4-17(25-19-12-8-6-10-15(19)22)20(24)23-16-13-21(2,3)26-18-11-7-5-9-14(16)18/h5-12,16-17H,4,13H2,1-3H3,(H,23,24)/t16-,17+/m0/s1. The molecular formula is C21H24ClNO3. The lowest BCUT2D eigenvalue weighted by atomic mass is 9.89. The van der Waals surface area contributed by atoms with Gasteiger partial charge in [0.25, 0.3) is 5.91 Å². The Kier molecular flexibility index (Phi) is 5.42. The van der Waals surface area contributed by atoms with Crippen LogP contribution in [0.4, 0.5) is 0 Å². The van der Waals surface area contributed by atoms with Crippen LogP contribution in [0.3, 0.4) is 0 Å². The summed E-state index contributed by atoms with van der Waals surface area (Å²) < 4.78 is 11.9. The smallest absolute Gasteiger partial charge is 0.261 e. The van der Waals surface area contributed by atoms with Gasteiger partial charge in [-0.2, -0.15) is 0 Å². The monoisotopic (exact) mass is 373 g/mol. The Hall–Kier alpha value is -2.20. The highest BCUT2D eigenvalue weighted by molar-refractivity contribution is 6.32. The Morgan fingerprint density at radius 2 is 1.96 bits per heavy atom. The third kappa shape index (κ3) is 4.13. The van der Waals surface area contributed by atoms with Gasteiger partial charge < -0.3 is 14.8 Å². The zero-order chi connectivity index (χ0) is 18.7. The Morgan fingerprint density at radius 3 is 2.69 bits per heavy atom. The molecule has 1 N–H and O–H groups in total. The summed E-state index contributed by atoms with van der Waals surface area (Å²) in [6.45, 7) is 5.97. The maximum Gasteiger partial charge on any atom is 0.261 e. The number of nitrogens with one attached hydrogen (secondary N) is 1. The number of amides is 1. The second kappa shape index (κ2) is 7.58. The number of benzene rings is 2. The number of hydrogen-bond donors (Lipinski definition) is 1. The van der Waals surface area contributed by atoms with Gasteiger partial charge in [0.05, 0.1) is 11.1 Å². The minimum atomic E-state index is -0.604. The van der Waals surface area contributed by atoms with Gasteiger partial charge in [-0.1, -0.05) is 48.9 Å². The molecule has 138 valence electrons. The van der Waals surface area contributed by atoms with E-state index in [9.17, 15) is 4.79 Å². The summed E-state index contributed by atoms with van der Waals surface area (Å²) in [5, 5.41) is 3.63. The van der Waals surface area contributed by atoms with Crippen LogP contribution in [0.25, 0.3) is 0 Å². The fraction of sp³-hybridized carbons (Fsp3) is 0.381. The van der Waals surface area contributed by atoms with Crippen LogP contribution in [-0.2, 0) is 4.79 Å². The number of carbonyl (C=O) groups excluding carboxylic acids is 1. The highest BCUT2D eigenvalue weighted by Crippen LogP contribution is 2.39. The molecule has 4 nitrogen and oxygen atoms in total. The molecule has 0 unspecified atom stereocenters. The lowest BCUT2D eigenvalue weighted by Gasteiger charge is -2.38. The zero-order valence-electron chi connectivity index (χ0n) is 15.3. The first kappa shape index (κ1) is 18.6. The van der Waals surface area contributed by atoms with Crippen molar-refractivity contribution < 1.29 is 14.3 Å². The number of para-hydroxylation sites is 2. The van der Waals surface area contributed by atoms with Crippen LogP contribution >= 0.6 is 11.6 Å². The summed E-state index contributed by atoms with van der Waals surface area (Å²) >= 11 is 6.15. The lowest BCUT2D eigenvalue weighted by Crippen LogP contribution is -2.45. The van der Waals surface area contributed by atoms with Crippen molar-refractivity contribution in [2.45, 2.75) is 51.4 Å². The zero-order valence-corrected chi connectivity index (χ0v) is 16.0. The molecular weight excluding hydrogens is 350 g/mol. The minimum Gasteiger partial charge on any atom is -0.487 e. The predicted octanol–water partition coefficient (Wildman–Crippen LogP) is 4.92. The van der Waals surface area contributed by atoms with Crippen molar-refractivity contribution in [3.05, 3.63) is 59.1 Å². The average molecular weight is 374 g/mol. The summed E-state index contributed by atoms with van der Waals surface area (Å²) in [4.78, 5) is 12.9. The minimum absolute atomic E-state index is 0.119. The molecule has 2 atom stereocenters. The van der Waals surface area contributed by atoms with E-state index in [-0.39, 0.29) is 17.6 Å². The van der Waals surface area contributed by atoms with Crippen molar-refractivity contribution in [2.24, 2.45) is 0 Å². The molecule has 0 fully saturated rings. The van der Waals surface area contributed by atoms with Gasteiger partial charge in [-0.25, -0.2) is 0 Å². The SMILES string of the molecule is CC[C@@H](Oc1ccccc1Cl)C(=O)N[C@H]1CC(C)(C)Oc2ccccc21. The predicted molar refractivity (Wildman–Crippen MR) is 103 cm³/mol. The lowest BCUT2D eigenvalue weighted by molar-refractivity contribution is -0.129. The normalized spacial score (nSPS) is 19.0. The Morgan fingerprint density at radius 1 is 1.27 bits per heavy atom. The largest absolute Gasteiger partial charge is 0.487 e.